The molecule has 4 rings (SSSR count). The summed E-state index contributed by atoms with van der Waals surface area (Å²) in [6.45, 7) is 3.97. The standard InChI is InChI=1S/C28H34N2O5/c1-17-22(11-18-12-25(33-4)28(35-6)26(13-18)34-5)21-8-7-20(32-3)14-24(21)23(17)15-27(31)29-19-9-10-30(2)16-19/h7-8,11-14,19H,9-10,15-16H2,1-6H3,(H,29,31)/t19-/m0/s1. The average molecular weight is 479 g/mol. The van der Waals surface area contributed by atoms with Crippen LogP contribution in [0.25, 0.3) is 17.2 Å². The van der Waals surface area contributed by atoms with Crippen molar-refractivity contribution >= 4 is 23.1 Å². The van der Waals surface area contributed by atoms with Gasteiger partial charge in [-0.2, -0.15) is 0 Å². The summed E-state index contributed by atoms with van der Waals surface area (Å²) < 4.78 is 22.0. The van der Waals surface area contributed by atoms with Crippen molar-refractivity contribution in [2.45, 2.75) is 25.8 Å². The molecule has 1 aliphatic heterocycles. The van der Waals surface area contributed by atoms with E-state index in [1.54, 1.807) is 28.4 Å². The molecule has 7 nitrogen and oxygen atoms in total. The Hall–Kier alpha value is -3.45. The van der Waals surface area contributed by atoms with Crippen molar-refractivity contribution in [3.63, 3.8) is 0 Å². The lowest BCUT2D eigenvalue weighted by Gasteiger charge is -2.14. The Bertz CT molecular complexity index is 1160. The molecule has 0 bridgehead atoms. The second-order valence-electron chi connectivity index (χ2n) is 9.02. The molecular formula is C28H34N2O5. The van der Waals surface area contributed by atoms with Gasteiger partial charge in [-0.15, -0.1) is 0 Å². The number of methoxy groups -OCH3 is 4. The van der Waals surface area contributed by atoms with Gasteiger partial charge in [0.1, 0.15) is 5.75 Å². The fraction of sp³-hybridized carbons (Fsp3) is 0.393. The minimum absolute atomic E-state index is 0.0439. The highest BCUT2D eigenvalue weighted by Gasteiger charge is 2.28. The van der Waals surface area contributed by atoms with E-state index in [-0.39, 0.29) is 11.9 Å². The summed E-state index contributed by atoms with van der Waals surface area (Å²) in [7, 11) is 8.54. The molecule has 35 heavy (non-hydrogen) atoms. The molecule has 1 fully saturated rings. The molecule has 0 saturated carbocycles. The largest absolute Gasteiger partial charge is 0.497 e. The first-order chi connectivity index (χ1) is 16.9. The van der Waals surface area contributed by atoms with E-state index >= 15 is 0 Å². The minimum Gasteiger partial charge on any atom is -0.497 e. The highest BCUT2D eigenvalue weighted by molar-refractivity contribution is 6.08. The number of hydrogen-bond acceptors (Lipinski definition) is 6. The molecule has 2 aromatic rings. The summed E-state index contributed by atoms with van der Waals surface area (Å²) in [6, 6.07) is 10.1. The van der Waals surface area contributed by atoms with Gasteiger partial charge in [0.2, 0.25) is 11.7 Å². The predicted molar refractivity (Wildman–Crippen MR) is 138 cm³/mol. The zero-order valence-corrected chi connectivity index (χ0v) is 21.4. The molecule has 2 aromatic carbocycles. The molecule has 0 radical (unpaired) electrons. The van der Waals surface area contributed by atoms with Crippen LogP contribution in [-0.4, -0.2) is 65.4 Å². The summed E-state index contributed by atoms with van der Waals surface area (Å²) in [6.07, 6.45) is 3.40. The van der Waals surface area contributed by atoms with Gasteiger partial charge in [-0.25, -0.2) is 0 Å². The van der Waals surface area contributed by atoms with E-state index < -0.39 is 0 Å². The third kappa shape index (κ3) is 5.00. The molecule has 0 aromatic heterocycles. The predicted octanol–water partition coefficient (Wildman–Crippen LogP) is 4.26. The van der Waals surface area contributed by atoms with Crippen LogP contribution >= 0.6 is 0 Å². The zero-order chi connectivity index (χ0) is 25.1. The van der Waals surface area contributed by atoms with Crippen LogP contribution in [0.5, 0.6) is 23.0 Å². The number of nitrogens with zero attached hydrogens (tertiary/aromatic N) is 1. The number of likely N-dealkylation sites (N-methyl/N-ethyl adjacent to an activating group) is 1. The van der Waals surface area contributed by atoms with Gasteiger partial charge in [0, 0.05) is 12.6 Å². The number of likely N-dealkylation sites (tertiary alicyclic amines) is 1. The Morgan fingerprint density at radius 1 is 1.03 bits per heavy atom. The number of nitrogens with one attached hydrogen (secondary N) is 1. The van der Waals surface area contributed by atoms with Crippen molar-refractivity contribution in [3.05, 3.63) is 52.6 Å². The van der Waals surface area contributed by atoms with Crippen molar-refractivity contribution < 1.29 is 23.7 Å². The summed E-state index contributed by atoms with van der Waals surface area (Å²) >= 11 is 0. The molecule has 1 aliphatic carbocycles. The number of benzene rings is 2. The van der Waals surface area contributed by atoms with Crippen LogP contribution in [-0.2, 0) is 4.79 Å². The van der Waals surface area contributed by atoms with Crippen LogP contribution in [0.4, 0.5) is 0 Å². The average Bonchev–Trinajstić information content (AvgIpc) is 3.38. The van der Waals surface area contributed by atoms with Crippen molar-refractivity contribution in [2.24, 2.45) is 0 Å². The van der Waals surface area contributed by atoms with Crippen LogP contribution in [0.3, 0.4) is 0 Å². The maximum atomic E-state index is 13.0. The number of carbonyl (C=O) groups is 1. The summed E-state index contributed by atoms with van der Waals surface area (Å²) in [4.78, 5) is 15.3. The fourth-order valence-electron chi connectivity index (χ4n) is 4.96. The number of amides is 1. The Morgan fingerprint density at radius 3 is 2.31 bits per heavy atom. The molecule has 186 valence electrons. The molecule has 7 heteroatoms. The van der Waals surface area contributed by atoms with Gasteiger partial charge in [0.05, 0.1) is 34.9 Å². The van der Waals surface area contributed by atoms with Crippen LogP contribution in [0.15, 0.2) is 35.9 Å². The Morgan fingerprint density at radius 2 is 1.74 bits per heavy atom. The maximum Gasteiger partial charge on any atom is 0.224 e. The molecule has 0 unspecified atom stereocenters. The van der Waals surface area contributed by atoms with E-state index in [1.165, 1.54) is 0 Å². The van der Waals surface area contributed by atoms with Gasteiger partial charge in [-0.3, -0.25) is 4.79 Å². The number of hydrogen-bond donors (Lipinski definition) is 1. The van der Waals surface area contributed by atoms with E-state index in [9.17, 15) is 4.79 Å². The molecular weight excluding hydrogens is 444 g/mol. The monoisotopic (exact) mass is 478 g/mol. The fourth-order valence-corrected chi connectivity index (χ4v) is 4.96. The highest BCUT2D eigenvalue weighted by atomic mass is 16.5. The number of carbonyl (C=O) groups excluding carboxylic acids is 1. The van der Waals surface area contributed by atoms with Gasteiger partial charge in [0.15, 0.2) is 11.5 Å². The molecule has 1 amide bonds. The van der Waals surface area contributed by atoms with Crippen LogP contribution in [0.2, 0.25) is 0 Å². The van der Waals surface area contributed by atoms with Crippen molar-refractivity contribution in [3.8, 4) is 23.0 Å². The zero-order valence-electron chi connectivity index (χ0n) is 21.4. The number of fused-ring (bicyclic) bond motifs is 1. The molecule has 2 aliphatic rings. The number of ether oxygens (including phenoxy) is 4. The van der Waals surface area contributed by atoms with E-state index in [1.807, 2.05) is 24.3 Å². The molecule has 1 saturated heterocycles. The second-order valence-corrected chi connectivity index (χ2v) is 9.02. The SMILES string of the molecule is COc1ccc2c(c1)C(CC(=O)N[C@H]1CCN(C)C1)=C(C)C2=Cc1cc(OC)c(OC)c(OC)c1. The Balaban J connectivity index is 1.73. The lowest BCUT2D eigenvalue weighted by atomic mass is 10.00. The summed E-state index contributed by atoms with van der Waals surface area (Å²) in [5.74, 6) is 2.54. The molecule has 1 N–H and O–H groups in total. The van der Waals surface area contributed by atoms with Crippen LogP contribution in [0, 0.1) is 0 Å². The summed E-state index contributed by atoms with van der Waals surface area (Å²) in [5, 5.41) is 3.21. The highest BCUT2D eigenvalue weighted by Crippen LogP contribution is 2.46. The Labute approximate surface area is 207 Å². The maximum absolute atomic E-state index is 13.0. The lowest BCUT2D eigenvalue weighted by molar-refractivity contribution is -0.120. The quantitative estimate of drug-likeness (QED) is 0.612. The molecule has 0 spiro atoms. The third-order valence-corrected chi connectivity index (χ3v) is 6.79. The topological polar surface area (TPSA) is 69.3 Å². The lowest BCUT2D eigenvalue weighted by Crippen LogP contribution is -2.36. The molecule has 1 atom stereocenters. The van der Waals surface area contributed by atoms with Gasteiger partial charge < -0.3 is 29.2 Å². The Kier molecular flexibility index (Phi) is 7.36. The second kappa shape index (κ2) is 10.4. The van der Waals surface area contributed by atoms with Gasteiger partial charge in [-0.05, 0) is 90.7 Å². The van der Waals surface area contributed by atoms with Crippen molar-refractivity contribution in [1.29, 1.82) is 0 Å². The molecule has 1 heterocycles. The van der Waals surface area contributed by atoms with Gasteiger partial charge in [0.25, 0.3) is 0 Å². The number of allylic oxidation sites excluding steroid dienone is 2. The third-order valence-electron chi connectivity index (χ3n) is 6.79. The minimum atomic E-state index is 0.0439. The van der Waals surface area contributed by atoms with Crippen molar-refractivity contribution in [2.75, 3.05) is 48.6 Å². The normalized spacial score (nSPS) is 18.6. The van der Waals surface area contributed by atoms with Crippen LogP contribution in [0.1, 0.15) is 36.5 Å². The number of rotatable bonds is 8. The first-order valence-corrected chi connectivity index (χ1v) is 11.8. The van der Waals surface area contributed by atoms with E-state index in [4.69, 9.17) is 18.9 Å². The van der Waals surface area contributed by atoms with E-state index in [2.05, 4.69) is 36.3 Å². The van der Waals surface area contributed by atoms with Gasteiger partial charge >= 0.3 is 0 Å². The smallest absolute Gasteiger partial charge is 0.224 e. The van der Waals surface area contributed by atoms with E-state index in [0.717, 1.165) is 58.7 Å². The summed E-state index contributed by atoms with van der Waals surface area (Å²) in [5.41, 5.74) is 6.15. The first kappa shape index (κ1) is 24.7. The van der Waals surface area contributed by atoms with Crippen molar-refractivity contribution in [1.82, 2.24) is 10.2 Å². The van der Waals surface area contributed by atoms with Gasteiger partial charge in [-0.1, -0.05) is 6.07 Å². The van der Waals surface area contributed by atoms with E-state index in [0.29, 0.717) is 23.7 Å². The van der Waals surface area contributed by atoms with Crippen LogP contribution < -0.4 is 24.3 Å². The first-order valence-electron chi connectivity index (χ1n) is 11.8.